The smallest absolute Gasteiger partial charge is 0.122 e. The second-order valence-corrected chi connectivity index (χ2v) is 5.08. The van der Waals surface area contributed by atoms with Gasteiger partial charge in [-0.1, -0.05) is 37.5 Å². The second kappa shape index (κ2) is 6.06. The average Bonchev–Trinajstić information content (AvgIpc) is 2.40. The molecule has 1 aromatic rings. The third-order valence-electron chi connectivity index (χ3n) is 3.90. The maximum absolute atomic E-state index is 6.35. The molecule has 1 aliphatic rings. The van der Waals surface area contributed by atoms with Gasteiger partial charge >= 0.3 is 0 Å². The van der Waals surface area contributed by atoms with Gasteiger partial charge in [0.05, 0.1) is 7.11 Å². The number of para-hydroxylation sites is 1. The van der Waals surface area contributed by atoms with E-state index in [9.17, 15) is 0 Å². The fourth-order valence-corrected chi connectivity index (χ4v) is 2.85. The van der Waals surface area contributed by atoms with Gasteiger partial charge in [-0.15, -0.1) is 0 Å². The van der Waals surface area contributed by atoms with Gasteiger partial charge in [0.15, 0.2) is 0 Å². The third-order valence-corrected chi connectivity index (χ3v) is 3.90. The molecule has 0 aliphatic heterocycles. The molecular weight excluding hydrogens is 210 g/mol. The van der Waals surface area contributed by atoms with Crippen LogP contribution < -0.4 is 10.5 Å². The molecule has 0 bridgehead atoms. The molecule has 2 rings (SSSR count). The van der Waals surface area contributed by atoms with Gasteiger partial charge in [0, 0.05) is 6.04 Å². The van der Waals surface area contributed by atoms with E-state index in [0.717, 1.165) is 12.2 Å². The summed E-state index contributed by atoms with van der Waals surface area (Å²) in [4.78, 5) is 0. The molecule has 17 heavy (non-hydrogen) atoms. The Balaban J connectivity index is 1.99. The number of hydrogen-bond acceptors (Lipinski definition) is 2. The van der Waals surface area contributed by atoms with Gasteiger partial charge in [0.25, 0.3) is 0 Å². The first-order chi connectivity index (χ1) is 8.31. The monoisotopic (exact) mass is 233 g/mol. The molecule has 0 spiro atoms. The van der Waals surface area contributed by atoms with Crippen LogP contribution >= 0.6 is 0 Å². The van der Waals surface area contributed by atoms with Crippen molar-refractivity contribution >= 4 is 0 Å². The van der Waals surface area contributed by atoms with Crippen LogP contribution in [0.3, 0.4) is 0 Å². The van der Waals surface area contributed by atoms with Crippen LogP contribution in [0.2, 0.25) is 0 Å². The molecule has 94 valence electrons. The summed E-state index contributed by atoms with van der Waals surface area (Å²) in [5, 5.41) is 0. The first kappa shape index (κ1) is 12.4. The highest BCUT2D eigenvalue weighted by Gasteiger charge is 2.21. The summed E-state index contributed by atoms with van der Waals surface area (Å²) in [6.07, 6.45) is 7.63. The molecule has 0 saturated heterocycles. The van der Waals surface area contributed by atoms with Gasteiger partial charge in [0.1, 0.15) is 5.75 Å². The van der Waals surface area contributed by atoms with Gasteiger partial charge in [0.2, 0.25) is 0 Å². The Morgan fingerprint density at radius 2 is 1.94 bits per heavy atom. The molecule has 2 heteroatoms. The molecule has 2 N–H and O–H groups in total. The van der Waals surface area contributed by atoms with E-state index < -0.39 is 0 Å². The molecule has 1 aromatic carbocycles. The Kier molecular flexibility index (Phi) is 4.43. The maximum atomic E-state index is 6.35. The van der Waals surface area contributed by atoms with Crippen molar-refractivity contribution in [3.63, 3.8) is 0 Å². The van der Waals surface area contributed by atoms with E-state index in [-0.39, 0.29) is 6.04 Å². The van der Waals surface area contributed by atoms with Gasteiger partial charge in [-0.25, -0.2) is 0 Å². The van der Waals surface area contributed by atoms with Gasteiger partial charge in [-0.05, 0) is 36.8 Å². The Labute approximate surface area is 104 Å². The van der Waals surface area contributed by atoms with E-state index in [1.165, 1.54) is 37.7 Å². The predicted octanol–water partition coefficient (Wildman–Crippen LogP) is 3.15. The predicted molar refractivity (Wildman–Crippen MR) is 71.2 cm³/mol. The quantitative estimate of drug-likeness (QED) is 0.867. The standard InChI is InChI=1S/C15H23NO/c1-17-15-10-6-5-9-13(15)11-14(16)12-7-3-2-4-8-12/h5-6,9-10,12,14H,2-4,7-8,11,16H2,1H3. The van der Waals surface area contributed by atoms with Crippen LogP contribution in [0.1, 0.15) is 37.7 Å². The Morgan fingerprint density at radius 3 is 2.65 bits per heavy atom. The molecule has 1 saturated carbocycles. The molecule has 1 aliphatic carbocycles. The van der Waals surface area contributed by atoms with Crippen molar-refractivity contribution in [3.05, 3.63) is 29.8 Å². The number of nitrogens with two attached hydrogens (primary N) is 1. The first-order valence-corrected chi connectivity index (χ1v) is 6.68. The zero-order chi connectivity index (χ0) is 12.1. The van der Waals surface area contributed by atoms with Crippen LogP contribution in [0, 0.1) is 5.92 Å². The molecule has 0 amide bonds. The topological polar surface area (TPSA) is 35.2 Å². The largest absolute Gasteiger partial charge is 0.496 e. The van der Waals surface area contributed by atoms with Crippen molar-refractivity contribution in [2.24, 2.45) is 11.7 Å². The molecule has 0 aromatic heterocycles. The number of rotatable bonds is 4. The summed E-state index contributed by atoms with van der Waals surface area (Å²) in [7, 11) is 1.73. The van der Waals surface area contributed by atoms with Gasteiger partial charge in [-0.2, -0.15) is 0 Å². The van der Waals surface area contributed by atoms with E-state index >= 15 is 0 Å². The van der Waals surface area contributed by atoms with Crippen LogP contribution in [-0.4, -0.2) is 13.2 Å². The van der Waals surface area contributed by atoms with Crippen molar-refractivity contribution in [2.75, 3.05) is 7.11 Å². The number of benzene rings is 1. The summed E-state index contributed by atoms with van der Waals surface area (Å²) in [6.45, 7) is 0. The summed E-state index contributed by atoms with van der Waals surface area (Å²) < 4.78 is 5.38. The van der Waals surface area contributed by atoms with Crippen molar-refractivity contribution in [1.29, 1.82) is 0 Å². The SMILES string of the molecule is COc1ccccc1CC(N)C1CCCCC1. The lowest BCUT2D eigenvalue weighted by atomic mass is 9.82. The van der Waals surface area contributed by atoms with Crippen molar-refractivity contribution in [1.82, 2.24) is 0 Å². The summed E-state index contributed by atoms with van der Waals surface area (Å²) >= 11 is 0. The molecule has 1 fully saturated rings. The van der Waals surface area contributed by atoms with Gasteiger partial charge in [-0.3, -0.25) is 0 Å². The van der Waals surface area contributed by atoms with Crippen molar-refractivity contribution in [3.8, 4) is 5.75 Å². The normalized spacial score (nSPS) is 18.9. The summed E-state index contributed by atoms with van der Waals surface area (Å²) in [6, 6.07) is 8.50. The van der Waals surface area contributed by atoms with Crippen LogP contribution in [-0.2, 0) is 6.42 Å². The minimum atomic E-state index is 0.284. The average molecular weight is 233 g/mol. The van der Waals surface area contributed by atoms with Crippen molar-refractivity contribution < 1.29 is 4.74 Å². The molecule has 0 radical (unpaired) electrons. The minimum absolute atomic E-state index is 0.284. The van der Waals surface area contributed by atoms with E-state index in [4.69, 9.17) is 10.5 Å². The van der Waals surface area contributed by atoms with Crippen LogP contribution in [0.4, 0.5) is 0 Å². The van der Waals surface area contributed by atoms with E-state index in [1.54, 1.807) is 7.11 Å². The lowest BCUT2D eigenvalue weighted by Crippen LogP contribution is -2.33. The lowest BCUT2D eigenvalue weighted by Gasteiger charge is -2.27. The molecular formula is C15H23NO. The minimum Gasteiger partial charge on any atom is -0.496 e. The number of hydrogen-bond donors (Lipinski definition) is 1. The van der Waals surface area contributed by atoms with Crippen molar-refractivity contribution in [2.45, 2.75) is 44.6 Å². The number of ether oxygens (including phenoxy) is 1. The first-order valence-electron chi connectivity index (χ1n) is 6.68. The number of methoxy groups -OCH3 is 1. The van der Waals surface area contributed by atoms with Gasteiger partial charge < -0.3 is 10.5 Å². The van der Waals surface area contributed by atoms with E-state index in [0.29, 0.717) is 5.92 Å². The third kappa shape index (κ3) is 3.22. The second-order valence-electron chi connectivity index (χ2n) is 5.08. The Hall–Kier alpha value is -1.02. The maximum Gasteiger partial charge on any atom is 0.122 e. The van der Waals surface area contributed by atoms with Crippen LogP contribution in [0.5, 0.6) is 5.75 Å². The Bertz CT molecular complexity index is 345. The Morgan fingerprint density at radius 1 is 1.24 bits per heavy atom. The fourth-order valence-electron chi connectivity index (χ4n) is 2.85. The van der Waals surface area contributed by atoms with Crippen LogP contribution in [0.15, 0.2) is 24.3 Å². The summed E-state index contributed by atoms with van der Waals surface area (Å²) in [5.74, 6) is 1.67. The lowest BCUT2D eigenvalue weighted by molar-refractivity contribution is 0.301. The highest BCUT2D eigenvalue weighted by atomic mass is 16.5. The zero-order valence-corrected chi connectivity index (χ0v) is 10.7. The summed E-state index contributed by atoms with van der Waals surface area (Å²) in [5.41, 5.74) is 7.59. The highest BCUT2D eigenvalue weighted by molar-refractivity contribution is 5.33. The fraction of sp³-hybridized carbons (Fsp3) is 0.600. The molecule has 1 unspecified atom stereocenters. The zero-order valence-electron chi connectivity index (χ0n) is 10.7. The molecule has 2 nitrogen and oxygen atoms in total. The molecule has 1 atom stereocenters. The van der Waals surface area contributed by atoms with E-state index in [1.807, 2.05) is 12.1 Å². The highest BCUT2D eigenvalue weighted by Crippen LogP contribution is 2.28. The van der Waals surface area contributed by atoms with E-state index in [2.05, 4.69) is 12.1 Å². The van der Waals surface area contributed by atoms with Crippen LogP contribution in [0.25, 0.3) is 0 Å². The molecule has 0 heterocycles.